The lowest BCUT2D eigenvalue weighted by atomic mass is 9.71. The van der Waals surface area contributed by atoms with Gasteiger partial charge in [-0.2, -0.15) is 0 Å². The Morgan fingerprint density at radius 1 is 1.27 bits per heavy atom. The van der Waals surface area contributed by atoms with Gasteiger partial charge in [0.2, 0.25) is 5.60 Å². The molecule has 0 aromatic heterocycles. The van der Waals surface area contributed by atoms with Crippen molar-refractivity contribution in [3.05, 3.63) is 12.2 Å². The Morgan fingerprint density at radius 2 is 1.96 bits per heavy atom. The van der Waals surface area contributed by atoms with E-state index in [-0.39, 0.29) is 41.3 Å². The number of hydrogen-bond donors (Lipinski definition) is 0. The predicted molar refractivity (Wildman–Crippen MR) is 90.7 cm³/mol. The molecular weight excluding hydrogens is 336 g/mol. The fourth-order valence-corrected chi connectivity index (χ4v) is 5.71. The monoisotopic (exact) mass is 362 g/mol. The van der Waals surface area contributed by atoms with Crippen LogP contribution in [0.5, 0.6) is 0 Å². The molecule has 1 saturated heterocycles. The second kappa shape index (κ2) is 6.10. The van der Waals surface area contributed by atoms with Crippen molar-refractivity contribution in [3.63, 3.8) is 0 Å². The first-order chi connectivity index (χ1) is 12.4. The molecule has 4 aliphatic rings. The molecule has 3 aliphatic carbocycles. The van der Waals surface area contributed by atoms with Crippen molar-refractivity contribution in [2.75, 3.05) is 0 Å². The molecule has 6 heteroatoms. The smallest absolute Gasteiger partial charge is 0.355 e. The molecule has 4 fully saturated rings. The van der Waals surface area contributed by atoms with Crippen molar-refractivity contribution < 1.29 is 28.6 Å². The Kier molecular flexibility index (Phi) is 4.12. The third-order valence-electron chi connectivity index (χ3n) is 6.82. The van der Waals surface area contributed by atoms with E-state index in [1.807, 2.05) is 6.92 Å². The van der Waals surface area contributed by atoms with E-state index in [2.05, 4.69) is 6.58 Å². The van der Waals surface area contributed by atoms with E-state index in [4.69, 9.17) is 14.2 Å². The van der Waals surface area contributed by atoms with Crippen LogP contribution in [0.3, 0.4) is 0 Å². The first-order valence-corrected chi connectivity index (χ1v) is 9.70. The Morgan fingerprint density at radius 3 is 2.58 bits per heavy atom. The quantitative estimate of drug-likeness (QED) is 0.425. The van der Waals surface area contributed by atoms with Gasteiger partial charge in [0, 0.05) is 17.4 Å². The molecular formula is C20H26O6. The van der Waals surface area contributed by atoms with Gasteiger partial charge in [-0.3, -0.25) is 4.79 Å². The fourth-order valence-electron chi connectivity index (χ4n) is 5.71. The highest BCUT2D eigenvalue weighted by Gasteiger charge is 2.79. The molecule has 1 heterocycles. The lowest BCUT2D eigenvalue weighted by molar-refractivity contribution is -0.199. The van der Waals surface area contributed by atoms with E-state index >= 15 is 0 Å². The second-order valence-corrected chi connectivity index (χ2v) is 8.24. The Bertz CT molecular complexity index is 663. The highest BCUT2D eigenvalue weighted by atomic mass is 16.6. The molecule has 1 aliphatic heterocycles. The van der Waals surface area contributed by atoms with Crippen molar-refractivity contribution in [2.24, 2.45) is 23.7 Å². The van der Waals surface area contributed by atoms with E-state index < -0.39 is 23.6 Å². The lowest BCUT2D eigenvalue weighted by Crippen LogP contribution is -2.57. The van der Waals surface area contributed by atoms with E-state index in [0.29, 0.717) is 6.42 Å². The Balaban J connectivity index is 1.67. The Hall–Kier alpha value is -1.85. The Labute approximate surface area is 153 Å². The number of carbonyl (C=O) groups excluding carboxylic acids is 3. The molecule has 2 bridgehead atoms. The van der Waals surface area contributed by atoms with Gasteiger partial charge in [0.25, 0.3) is 0 Å². The minimum atomic E-state index is -1.47. The van der Waals surface area contributed by atoms with Crippen LogP contribution in [0, 0.1) is 23.7 Å². The zero-order valence-corrected chi connectivity index (χ0v) is 15.4. The summed E-state index contributed by atoms with van der Waals surface area (Å²) in [4.78, 5) is 38.0. The predicted octanol–water partition coefficient (Wildman–Crippen LogP) is 2.55. The van der Waals surface area contributed by atoms with Gasteiger partial charge in [-0.15, -0.1) is 0 Å². The van der Waals surface area contributed by atoms with Gasteiger partial charge in [0.05, 0.1) is 5.92 Å². The first-order valence-electron chi connectivity index (χ1n) is 9.70. The normalized spacial score (nSPS) is 40.5. The molecule has 6 nitrogen and oxygen atoms in total. The van der Waals surface area contributed by atoms with Gasteiger partial charge in [0.15, 0.2) is 6.10 Å². The first kappa shape index (κ1) is 17.6. The number of carbonyl (C=O) groups is 3. The lowest BCUT2D eigenvalue weighted by Gasteiger charge is -2.38. The third-order valence-corrected chi connectivity index (χ3v) is 6.82. The van der Waals surface area contributed by atoms with Crippen LogP contribution in [0.2, 0.25) is 0 Å². The zero-order chi connectivity index (χ0) is 18.6. The van der Waals surface area contributed by atoms with Gasteiger partial charge in [-0.1, -0.05) is 19.9 Å². The minimum absolute atomic E-state index is 0.0547. The molecule has 0 amide bonds. The van der Waals surface area contributed by atoms with Crippen molar-refractivity contribution in [1.82, 2.24) is 0 Å². The van der Waals surface area contributed by atoms with E-state index in [1.165, 1.54) is 0 Å². The van der Waals surface area contributed by atoms with Gasteiger partial charge < -0.3 is 14.2 Å². The molecule has 142 valence electrons. The summed E-state index contributed by atoms with van der Waals surface area (Å²) in [5.74, 6) is -1.96. The summed E-state index contributed by atoms with van der Waals surface area (Å²) in [6, 6.07) is 0. The number of fused-ring (bicyclic) bond motifs is 1. The van der Waals surface area contributed by atoms with Gasteiger partial charge >= 0.3 is 17.9 Å². The molecule has 0 radical (unpaired) electrons. The van der Waals surface area contributed by atoms with Crippen LogP contribution >= 0.6 is 0 Å². The summed E-state index contributed by atoms with van der Waals surface area (Å²) in [6.45, 7) is 7.22. The molecule has 26 heavy (non-hydrogen) atoms. The molecule has 0 aromatic rings. The SMILES string of the molecule is C=C(C)C(=O)OC1C2CC3C(C(=O)OC31C(=O)OC1CCCC1)C2CC. The van der Waals surface area contributed by atoms with Crippen LogP contribution in [-0.4, -0.2) is 35.7 Å². The largest absolute Gasteiger partial charge is 0.459 e. The highest BCUT2D eigenvalue weighted by molar-refractivity contribution is 5.93. The average Bonchev–Trinajstić information content (AvgIpc) is 3.32. The van der Waals surface area contributed by atoms with Crippen molar-refractivity contribution >= 4 is 17.9 Å². The topological polar surface area (TPSA) is 78.9 Å². The number of rotatable bonds is 5. The summed E-state index contributed by atoms with van der Waals surface area (Å²) in [6.07, 6.45) is 4.27. The van der Waals surface area contributed by atoms with Crippen LogP contribution in [0.25, 0.3) is 0 Å². The van der Waals surface area contributed by atoms with E-state index in [0.717, 1.165) is 32.1 Å². The fraction of sp³-hybridized carbons (Fsp3) is 0.750. The summed E-state index contributed by atoms with van der Waals surface area (Å²) in [5, 5.41) is 0. The van der Waals surface area contributed by atoms with Crippen molar-refractivity contribution in [1.29, 1.82) is 0 Å². The molecule has 3 saturated carbocycles. The third kappa shape index (κ3) is 2.26. The zero-order valence-electron chi connectivity index (χ0n) is 15.4. The number of esters is 3. The molecule has 6 unspecified atom stereocenters. The molecule has 4 rings (SSSR count). The second-order valence-electron chi connectivity index (χ2n) is 8.24. The minimum Gasteiger partial charge on any atom is -0.459 e. The average molecular weight is 362 g/mol. The number of ether oxygens (including phenoxy) is 3. The number of hydrogen-bond acceptors (Lipinski definition) is 6. The maximum atomic E-state index is 13.2. The van der Waals surface area contributed by atoms with E-state index in [1.54, 1.807) is 6.92 Å². The maximum absolute atomic E-state index is 13.2. The van der Waals surface area contributed by atoms with E-state index in [9.17, 15) is 14.4 Å². The summed E-state index contributed by atoms with van der Waals surface area (Å²) >= 11 is 0. The highest BCUT2D eigenvalue weighted by Crippen LogP contribution is 2.65. The van der Waals surface area contributed by atoms with Crippen LogP contribution in [-0.2, 0) is 28.6 Å². The molecule has 0 N–H and O–H groups in total. The van der Waals surface area contributed by atoms with Crippen molar-refractivity contribution in [3.8, 4) is 0 Å². The molecule has 0 spiro atoms. The van der Waals surface area contributed by atoms with Crippen LogP contribution in [0.1, 0.15) is 52.4 Å². The molecule has 0 aromatic carbocycles. The van der Waals surface area contributed by atoms with Crippen LogP contribution < -0.4 is 0 Å². The van der Waals surface area contributed by atoms with Crippen LogP contribution in [0.4, 0.5) is 0 Å². The molecule has 6 atom stereocenters. The maximum Gasteiger partial charge on any atom is 0.355 e. The van der Waals surface area contributed by atoms with Gasteiger partial charge in [0.1, 0.15) is 6.10 Å². The summed E-state index contributed by atoms with van der Waals surface area (Å²) in [7, 11) is 0. The van der Waals surface area contributed by atoms with Gasteiger partial charge in [-0.05, 0) is 44.9 Å². The standard InChI is InChI=1S/C20H26O6/c1-4-12-13-9-14-15(12)18(22)26-20(14,16(13)25-17(21)10(2)3)19(23)24-11-7-5-6-8-11/h11-16H,2,4-9H2,1,3H3. The summed E-state index contributed by atoms with van der Waals surface area (Å²) < 4.78 is 17.1. The summed E-state index contributed by atoms with van der Waals surface area (Å²) in [5.41, 5.74) is -1.20. The van der Waals surface area contributed by atoms with Crippen LogP contribution in [0.15, 0.2) is 12.2 Å². The van der Waals surface area contributed by atoms with Crippen molar-refractivity contribution in [2.45, 2.75) is 70.2 Å². The van der Waals surface area contributed by atoms with Gasteiger partial charge in [-0.25, -0.2) is 9.59 Å².